The van der Waals surface area contributed by atoms with Gasteiger partial charge in [-0.2, -0.15) is 0 Å². The van der Waals surface area contributed by atoms with Gasteiger partial charge in [-0.25, -0.2) is 9.97 Å². The Balaban J connectivity index is 2.93. The molecule has 0 aliphatic carbocycles. The first-order valence-corrected chi connectivity index (χ1v) is 3.69. The van der Waals surface area contributed by atoms with E-state index in [0.29, 0.717) is 5.78 Å². The summed E-state index contributed by atoms with van der Waals surface area (Å²) in [5.41, 5.74) is 1.85. The Morgan fingerprint density at radius 2 is 2.17 bits per heavy atom. The van der Waals surface area contributed by atoms with Crippen LogP contribution in [0.1, 0.15) is 11.4 Å². The van der Waals surface area contributed by atoms with Crippen molar-refractivity contribution in [3.05, 3.63) is 23.7 Å². The highest BCUT2D eigenvalue weighted by molar-refractivity contribution is 5.37. The molecular weight excluding hydrogens is 154 g/mol. The molecule has 2 rings (SSSR count). The molecule has 1 N–H and O–H groups in total. The fourth-order valence-electron chi connectivity index (χ4n) is 1.31. The van der Waals surface area contributed by atoms with Gasteiger partial charge in [0.15, 0.2) is 0 Å². The summed E-state index contributed by atoms with van der Waals surface area (Å²) in [6.45, 7) is 3.81. The Labute approximate surface area is 69.5 Å². The third kappa shape index (κ3) is 0.845. The number of aromatic nitrogens is 3. The molecule has 0 aromatic carbocycles. The van der Waals surface area contributed by atoms with Crippen LogP contribution in [-0.4, -0.2) is 19.5 Å². The van der Waals surface area contributed by atoms with Crippen molar-refractivity contribution >= 4 is 5.78 Å². The SMILES string of the molecule is Cc1cc(C)n2c(O)cnc2n1. The lowest BCUT2D eigenvalue weighted by Gasteiger charge is -2.00. The Hall–Kier alpha value is -1.58. The van der Waals surface area contributed by atoms with Gasteiger partial charge in [0, 0.05) is 11.4 Å². The zero-order valence-corrected chi connectivity index (χ0v) is 6.94. The van der Waals surface area contributed by atoms with Gasteiger partial charge in [-0.15, -0.1) is 0 Å². The molecule has 0 saturated heterocycles. The van der Waals surface area contributed by atoms with Gasteiger partial charge in [-0.05, 0) is 19.9 Å². The molecule has 62 valence electrons. The van der Waals surface area contributed by atoms with Crippen molar-refractivity contribution in [1.29, 1.82) is 0 Å². The van der Waals surface area contributed by atoms with E-state index < -0.39 is 0 Å². The second-order valence-electron chi connectivity index (χ2n) is 2.79. The van der Waals surface area contributed by atoms with Crippen molar-refractivity contribution in [2.75, 3.05) is 0 Å². The second kappa shape index (κ2) is 2.20. The fraction of sp³-hybridized carbons (Fsp3) is 0.250. The standard InChI is InChI=1S/C8H9N3O/c1-5-3-6(2)11-7(12)4-9-8(11)10-5/h3-4,12H,1-2H3. The lowest BCUT2D eigenvalue weighted by atomic mass is 10.3. The maximum Gasteiger partial charge on any atom is 0.237 e. The van der Waals surface area contributed by atoms with Crippen molar-refractivity contribution in [2.45, 2.75) is 13.8 Å². The first-order valence-electron chi connectivity index (χ1n) is 3.69. The van der Waals surface area contributed by atoms with Crippen molar-refractivity contribution in [3.8, 4) is 5.88 Å². The van der Waals surface area contributed by atoms with E-state index in [1.165, 1.54) is 6.20 Å². The van der Waals surface area contributed by atoms with Crippen molar-refractivity contribution in [2.24, 2.45) is 0 Å². The van der Waals surface area contributed by atoms with E-state index in [1.54, 1.807) is 4.40 Å². The van der Waals surface area contributed by atoms with E-state index in [0.717, 1.165) is 11.4 Å². The molecule has 12 heavy (non-hydrogen) atoms. The number of fused-ring (bicyclic) bond motifs is 1. The molecule has 4 nitrogen and oxygen atoms in total. The van der Waals surface area contributed by atoms with Crippen molar-refractivity contribution in [1.82, 2.24) is 14.4 Å². The third-order valence-corrected chi connectivity index (χ3v) is 1.77. The van der Waals surface area contributed by atoms with Crippen LogP contribution >= 0.6 is 0 Å². The molecule has 0 bridgehead atoms. The number of hydrogen-bond donors (Lipinski definition) is 1. The Morgan fingerprint density at radius 3 is 2.92 bits per heavy atom. The van der Waals surface area contributed by atoms with E-state index in [2.05, 4.69) is 9.97 Å². The smallest absolute Gasteiger partial charge is 0.237 e. The zero-order chi connectivity index (χ0) is 8.72. The molecule has 0 amide bonds. The molecule has 0 radical (unpaired) electrons. The van der Waals surface area contributed by atoms with Crippen molar-refractivity contribution < 1.29 is 5.11 Å². The van der Waals surface area contributed by atoms with E-state index in [4.69, 9.17) is 0 Å². The highest BCUT2D eigenvalue weighted by Crippen LogP contribution is 2.13. The maximum absolute atomic E-state index is 9.34. The van der Waals surface area contributed by atoms with Crippen molar-refractivity contribution in [3.63, 3.8) is 0 Å². The molecule has 0 saturated carbocycles. The van der Waals surface area contributed by atoms with Crippen LogP contribution in [0.5, 0.6) is 5.88 Å². The lowest BCUT2D eigenvalue weighted by Crippen LogP contribution is -1.95. The first-order chi connectivity index (χ1) is 5.68. The molecule has 0 unspecified atom stereocenters. The molecule has 0 aliphatic rings. The number of nitrogens with zero attached hydrogens (tertiary/aromatic N) is 3. The summed E-state index contributed by atoms with van der Waals surface area (Å²) in [4.78, 5) is 8.09. The van der Waals surface area contributed by atoms with Gasteiger partial charge in [0.1, 0.15) is 0 Å². The summed E-state index contributed by atoms with van der Waals surface area (Å²) in [5, 5.41) is 9.34. The highest BCUT2D eigenvalue weighted by atomic mass is 16.3. The summed E-state index contributed by atoms with van der Waals surface area (Å²) in [7, 11) is 0. The molecule has 0 atom stereocenters. The average Bonchev–Trinajstić information content (AvgIpc) is 2.31. The molecule has 2 heterocycles. The van der Waals surface area contributed by atoms with Crippen LogP contribution in [0.4, 0.5) is 0 Å². The zero-order valence-electron chi connectivity index (χ0n) is 6.94. The van der Waals surface area contributed by atoms with Crippen LogP contribution in [0.2, 0.25) is 0 Å². The Morgan fingerprint density at radius 1 is 1.42 bits per heavy atom. The summed E-state index contributed by atoms with van der Waals surface area (Å²) in [6, 6.07) is 1.90. The van der Waals surface area contributed by atoms with Crippen LogP contribution in [0.25, 0.3) is 5.78 Å². The lowest BCUT2D eigenvalue weighted by molar-refractivity contribution is 0.446. The van der Waals surface area contributed by atoms with E-state index in [9.17, 15) is 5.11 Å². The van der Waals surface area contributed by atoms with Crippen LogP contribution in [-0.2, 0) is 0 Å². The number of rotatable bonds is 0. The fourth-order valence-corrected chi connectivity index (χ4v) is 1.31. The molecular formula is C8H9N3O. The Kier molecular flexibility index (Phi) is 1.30. The van der Waals surface area contributed by atoms with Gasteiger partial charge in [0.05, 0.1) is 6.20 Å². The molecule has 0 aliphatic heterocycles. The molecule has 0 spiro atoms. The van der Waals surface area contributed by atoms with Crippen LogP contribution in [0.15, 0.2) is 12.3 Å². The first kappa shape index (κ1) is 7.09. The molecule has 4 heteroatoms. The van der Waals surface area contributed by atoms with E-state index >= 15 is 0 Å². The molecule has 2 aromatic rings. The summed E-state index contributed by atoms with van der Waals surface area (Å²) in [6.07, 6.45) is 1.40. The van der Waals surface area contributed by atoms with Gasteiger partial charge in [0.2, 0.25) is 11.7 Å². The second-order valence-corrected chi connectivity index (χ2v) is 2.79. The van der Waals surface area contributed by atoms with Gasteiger partial charge in [-0.3, -0.25) is 4.40 Å². The van der Waals surface area contributed by atoms with E-state index in [1.807, 2.05) is 19.9 Å². The van der Waals surface area contributed by atoms with E-state index in [-0.39, 0.29) is 5.88 Å². The number of imidazole rings is 1. The van der Waals surface area contributed by atoms with Crippen LogP contribution in [0.3, 0.4) is 0 Å². The topological polar surface area (TPSA) is 50.4 Å². The predicted molar refractivity (Wildman–Crippen MR) is 44.1 cm³/mol. The molecule has 0 fully saturated rings. The summed E-state index contributed by atoms with van der Waals surface area (Å²) >= 11 is 0. The number of aromatic hydroxyl groups is 1. The minimum absolute atomic E-state index is 0.134. The average molecular weight is 163 g/mol. The maximum atomic E-state index is 9.34. The van der Waals surface area contributed by atoms with Gasteiger partial charge in [-0.1, -0.05) is 0 Å². The summed E-state index contributed by atoms with van der Waals surface area (Å²) < 4.78 is 1.60. The highest BCUT2D eigenvalue weighted by Gasteiger charge is 2.04. The largest absolute Gasteiger partial charge is 0.493 e. The minimum atomic E-state index is 0.134. The number of aryl methyl sites for hydroxylation is 2. The predicted octanol–water partition coefficient (Wildman–Crippen LogP) is 1.05. The van der Waals surface area contributed by atoms with Crippen LogP contribution < -0.4 is 0 Å². The Bertz CT molecular complexity index is 433. The molecule has 2 aromatic heterocycles. The van der Waals surface area contributed by atoms with Crippen LogP contribution in [0, 0.1) is 13.8 Å². The van der Waals surface area contributed by atoms with Gasteiger partial charge >= 0.3 is 0 Å². The normalized spacial score (nSPS) is 10.8. The van der Waals surface area contributed by atoms with Gasteiger partial charge < -0.3 is 5.11 Å². The summed E-state index contributed by atoms with van der Waals surface area (Å²) in [5.74, 6) is 0.681. The quantitative estimate of drug-likeness (QED) is 0.631. The number of hydrogen-bond acceptors (Lipinski definition) is 3. The third-order valence-electron chi connectivity index (χ3n) is 1.77. The monoisotopic (exact) mass is 163 g/mol. The minimum Gasteiger partial charge on any atom is -0.493 e. The van der Waals surface area contributed by atoms with Gasteiger partial charge in [0.25, 0.3) is 0 Å².